The quantitative estimate of drug-likeness (QED) is 0.178. The van der Waals surface area contributed by atoms with E-state index in [0.29, 0.717) is 22.6 Å². The molecule has 0 saturated heterocycles. The summed E-state index contributed by atoms with van der Waals surface area (Å²) >= 11 is 0. The number of methoxy groups -OCH3 is 1. The molecule has 1 aliphatic heterocycles. The number of hydrazone groups is 1. The van der Waals surface area contributed by atoms with Crippen LogP contribution in [-0.2, 0) is 14.3 Å². The van der Waals surface area contributed by atoms with Gasteiger partial charge in [0.05, 0.1) is 31.5 Å². The number of nitrogens with one attached hydrogen (secondary N) is 3. The highest BCUT2D eigenvalue weighted by atomic mass is 16.5. The first-order valence-corrected chi connectivity index (χ1v) is 12.9. The van der Waals surface area contributed by atoms with Crippen LogP contribution in [0.25, 0.3) is 0 Å². The van der Waals surface area contributed by atoms with E-state index in [1.165, 1.54) is 13.3 Å². The van der Waals surface area contributed by atoms with Gasteiger partial charge in [-0.2, -0.15) is 5.10 Å². The van der Waals surface area contributed by atoms with Crippen LogP contribution in [0.1, 0.15) is 44.9 Å². The van der Waals surface area contributed by atoms with Crippen molar-refractivity contribution in [2.75, 3.05) is 38.3 Å². The number of anilines is 1. The van der Waals surface area contributed by atoms with Crippen molar-refractivity contribution in [2.24, 2.45) is 5.10 Å². The second-order valence-corrected chi connectivity index (χ2v) is 8.70. The summed E-state index contributed by atoms with van der Waals surface area (Å²) in [4.78, 5) is 39.1. The van der Waals surface area contributed by atoms with E-state index >= 15 is 0 Å². The van der Waals surface area contributed by atoms with Crippen LogP contribution in [0.15, 0.2) is 52.8 Å². The molecule has 3 rings (SSSR count). The standard InChI is InChI=1S/C28H35N5O7/c1-6-33(7-2)20-11-9-19(21(34)14-20)15-29-32-24(35)16-40-22-12-10-18(13-23(22)38-5)26-25(27(36)39-8-3)17(4)30-28(37)31-26/h9-15,26,34H,6-8,16H2,1-5H3,(H,32,35)(H2,30,31,37)/b29-15-/t26-/m0/s1. The number of amides is 3. The number of phenolic OH excluding ortho intramolecular Hbond substituents is 1. The predicted octanol–water partition coefficient (Wildman–Crippen LogP) is 2.97. The molecule has 3 amide bonds. The first-order chi connectivity index (χ1) is 19.2. The highest BCUT2D eigenvalue weighted by molar-refractivity contribution is 5.95. The van der Waals surface area contributed by atoms with E-state index in [-0.39, 0.29) is 30.3 Å². The molecule has 0 bridgehead atoms. The van der Waals surface area contributed by atoms with E-state index in [1.807, 2.05) is 19.9 Å². The van der Waals surface area contributed by atoms with Gasteiger partial charge in [-0.25, -0.2) is 15.0 Å². The molecule has 1 aliphatic rings. The number of carbonyl (C=O) groups is 3. The molecule has 0 spiro atoms. The lowest BCUT2D eigenvalue weighted by molar-refractivity contribution is -0.139. The number of hydrogen-bond acceptors (Lipinski definition) is 9. The van der Waals surface area contributed by atoms with E-state index in [4.69, 9.17) is 14.2 Å². The second-order valence-electron chi connectivity index (χ2n) is 8.70. The summed E-state index contributed by atoms with van der Waals surface area (Å²) in [6.45, 7) is 8.83. The lowest BCUT2D eigenvalue weighted by Gasteiger charge is -2.28. The zero-order valence-electron chi connectivity index (χ0n) is 23.2. The van der Waals surface area contributed by atoms with Crippen LogP contribution in [0.5, 0.6) is 17.2 Å². The molecule has 0 aliphatic carbocycles. The summed E-state index contributed by atoms with van der Waals surface area (Å²) in [5.41, 5.74) is 4.91. The van der Waals surface area contributed by atoms with Gasteiger partial charge in [0, 0.05) is 36.1 Å². The number of carbonyl (C=O) groups excluding carboxylic acids is 3. The van der Waals surface area contributed by atoms with Crippen LogP contribution in [0.3, 0.4) is 0 Å². The Morgan fingerprint density at radius 1 is 1.12 bits per heavy atom. The number of benzene rings is 2. The largest absolute Gasteiger partial charge is 0.507 e. The molecule has 12 heteroatoms. The minimum Gasteiger partial charge on any atom is -0.507 e. The number of aromatic hydroxyl groups is 1. The number of nitrogens with zero attached hydrogens (tertiary/aromatic N) is 2. The molecule has 0 saturated carbocycles. The molecule has 0 fully saturated rings. The molecule has 0 radical (unpaired) electrons. The lowest BCUT2D eigenvalue weighted by Crippen LogP contribution is -2.45. The third-order valence-electron chi connectivity index (χ3n) is 6.18. The summed E-state index contributed by atoms with van der Waals surface area (Å²) in [5, 5.41) is 19.5. The summed E-state index contributed by atoms with van der Waals surface area (Å²) in [5.74, 6) is -0.475. The van der Waals surface area contributed by atoms with Crippen molar-refractivity contribution in [3.05, 3.63) is 58.8 Å². The van der Waals surface area contributed by atoms with Crippen LogP contribution in [0.4, 0.5) is 10.5 Å². The molecule has 0 aromatic heterocycles. The highest BCUT2D eigenvalue weighted by Gasteiger charge is 2.32. The van der Waals surface area contributed by atoms with Gasteiger partial charge in [0.15, 0.2) is 18.1 Å². The Labute approximate surface area is 233 Å². The second kappa shape index (κ2) is 13.9. The highest BCUT2D eigenvalue weighted by Crippen LogP contribution is 2.34. The lowest BCUT2D eigenvalue weighted by atomic mass is 9.95. The van der Waals surface area contributed by atoms with Crippen molar-refractivity contribution in [2.45, 2.75) is 33.7 Å². The van der Waals surface area contributed by atoms with E-state index in [1.54, 1.807) is 44.2 Å². The van der Waals surface area contributed by atoms with Crippen molar-refractivity contribution in [3.63, 3.8) is 0 Å². The Kier molecular flexibility index (Phi) is 10.3. The molecule has 214 valence electrons. The zero-order valence-corrected chi connectivity index (χ0v) is 23.2. The summed E-state index contributed by atoms with van der Waals surface area (Å²) in [6, 6.07) is 8.85. The third kappa shape index (κ3) is 7.22. The van der Waals surface area contributed by atoms with E-state index in [2.05, 4.69) is 26.1 Å². The van der Waals surface area contributed by atoms with Crippen LogP contribution >= 0.6 is 0 Å². The van der Waals surface area contributed by atoms with Gasteiger partial charge < -0.3 is 34.9 Å². The van der Waals surface area contributed by atoms with Gasteiger partial charge in [-0.1, -0.05) is 6.07 Å². The summed E-state index contributed by atoms with van der Waals surface area (Å²) < 4.78 is 16.2. The normalized spacial score (nSPS) is 14.8. The Morgan fingerprint density at radius 2 is 1.88 bits per heavy atom. The number of urea groups is 1. The molecule has 1 atom stereocenters. The fourth-order valence-electron chi connectivity index (χ4n) is 4.18. The Balaban J connectivity index is 1.65. The number of esters is 1. The first-order valence-electron chi connectivity index (χ1n) is 12.9. The molecule has 0 unspecified atom stereocenters. The zero-order chi connectivity index (χ0) is 29.2. The van der Waals surface area contributed by atoms with Crippen molar-refractivity contribution in [1.82, 2.24) is 16.1 Å². The summed E-state index contributed by atoms with van der Waals surface area (Å²) in [6.07, 6.45) is 1.35. The maximum Gasteiger partial charge on any atom is 0.338 e. The number of ether oxygens (including phenoxy) is 3. The minimum atomic E-state index is -0.772. The molecule has 1 heterocycles. The van der Waals surface area contributed by atoms with Gasteiger partial charge in [0.25, 0.3) is 5.91 Å². The van der Waals surface area contributed by atoms with E-state index < -0.39 is 23.9 Å². The van der Waals surface area contributed by atoms with Gasteiger partial charge in [0.1, 0.15) is 5.75 Å². The van der Waals surface area contributed by atoms with Crippen molar-refractivity contribution in [1.29, 1.82) is 0 Å². The Morgan fingerprint density at radius 3 is 2.52 bits per heavy atom. The van der Waals surface area contributed by atoms with Crippen molar-refractivity contribution < 1.29 is 33.7 Å². The maximum absolute atomic E-state index is 12.6. The van der Waals surface area contributed by atoms with Gasteiger partial charge >= 0.3 is 12.0 Å². The number of allylic oxidation sites excluding steroid dienone is 1. The Hall–Kier alpha value is -4.74. The van der Waals surface area contributed by atoms with E-state index in [0.717, 1.165) is 18.8 Å². The van der Waals surface area contributed by atoms with Crippen LogP contribution in [0, 0.1) is 0 Å². The molecule has 12 nitrogen and oxygen atoms in total. The molecule has 4 N–H and O–H groups in total. The van der Waals surface area contributed by atoms with E-state index in [9.17, 15) is 19.5 Å². The number of rotatable bonds is 12. The molecule has 40 heavy (non-hydrogen) atoms. The average Bonchev–Trinajstić information content (AvgIpc) is 2.93. The van der Waals surface area contributed by atoms with Crippen molar-refractivity contribution >= 4 is 29.8 Å². The van der Waals surface area contributed by atoms with Gasteiger partial charge in [-0.05, 0) is 57.5 Å². The van der Waals surface area contributed by atoms with Crippen molar-refractivity contribution in [3.8, 4) is 17.2 Å². The number of phenols is 1. The van der Waals surface area contributed by atoms with Crippen LogP contribution in [-0.4, -0.2) is 62.6 Å². The number of hydrogen-bond donors (Lipinski definition) is 4. The fraction of sp³-hybridized carbons (Fsp3) is 0.357. The molecular weight excluding hydrogens is 518 g/mol. The monoisotopic (exact) mass is 553 g/mol. The first kappa shape index (κ1) is 29.8. The summed E-state index contributed by atoms with van der Waals surface area (Å²) in [7, 11) is 1.43. The average molecular weight is 554 g/mol. The topological polar surface area (TPSA) is 151 Å². The molecule has 2 aromatic rings. The fourth-order valence-corrected chi connectivity index (χ4v) is 4.18. The van der Waals surface area contributed by atoms with Gasteiger partial charge in [0.2, 0.25) is 0 Å². The molecule has 2 aromatic carbocycles. The van der Waals surface area contributed by atoms with Crippen LogP contribution in [0.2, 0.25) is 0 Å². The third-order valence-corrected chi connectivity index (χ3v) is 6.18. The molecular formula is C28H35N5O7. The Bertz CT molecular complexity index is 1300. The predicted molar refractivity (Wildman–Crippen MR) is 150 cm³/mol. The van der Waals surface area contributed by atoms with Gasteiger partial charge in [-0.3, -0.25) is 4.79 Å². The van der Waals surface area contributed by atoms with Gasteiger partial charge in [-0.15, -0.1) is 0 Å². The maximum atomic E-state index is 12.6. The van der Waals surface area contributed by atoms with Crippen LogP contribution < -0.4 is 30.4 Å². The minimum absolute atomic E-state index is 0.0459. The SMILES string of the molecule is CCOC(=O)C1=C(C)NC(=O)N[C@H]1c1ccc(OCC(=O)N/N=C\c2ccc(N(CC)CC)cc2O)c(OC)c1. The smallest absolute Gasteiger partial charge is 0.338 e.